The van der Waals surface area contributed by atoms with Gasteiger partial charge < -0.3 is 15.2 Å². The Labute approximate surface area is 142 Å². The maximum Gasteiger partial charge on any atom is 0.156 e. The topological polar surface area (TPSA) is 97.8 Å². The minimum Gasteiger partial charge on any atom is -0.392 e. The lowest BCUT2D eigenvalue weighted by atomic mass is 10.0. The Morgan fingerprint density at radius 3 is 2.60 bits per heavy atom. The molecule has 0 bridgehead atoms. The molecule has 25 heavy (non-hydrogen) atoms. The summed E-state index contributed by atoms with van der Waals surface area (Å²) < 4.78 is 13.3. The number of nitrogens with one attached hydrogen (secondary N) is 2. The molecule has 0 amide bonds. The number of H-pyrrole nitrogens is 2. The summed E-state index contributed by atoms with van der Waals surface area (Å²) in [5.74, 6) is 0.227. The number of hydrogen-bond donors (Lipinski definition) is 4. The van der Waals surface area contributed by atoms with Crippen molar-refractivity contribution in [1.29, 1.82) is 0 Å². The molecule has 4 rings (SSSR count). The van der Waals surface area contributed by atoms with Crippen LogP contribution in [0.3, 0.4) is 0 Å². The number of aromatic nitrogens is 4. The summed E-state index contributed by atoms with van der Waals surface area (Å²) in [6, 6.07) is 11.6. The summed E-state index contributed by atoms with van der Waals surface area (Å²) in [4.78, 5) is 7.49. The van der Waals surface area contributed by atoms with Crippen LogP contribution in [-0.2, 0) is 13.2 Å². The van der Waals surface area contributed by atoms with Crippen molar-refractivity contribution in [1.82, 2.24) is 20.2 Å². The van der Waals surface area contributed by atoms with Crippen LogP contribution in [0.1, 0.15) is 11.1 Å². The monoisotopic (exact) mass is 338 g/mol. The van der Waals surface area contributed by atoms with E-state index in [-0.39, 0.29) is 19.0 Å². The number of imidazole rings is 1. The van der Waals surface area contributed by atoms with Crippen molar-refractivity contribution in [3.8, 4) is 22.8 Å². The van der Waals surface area contributed by atoms with Gasteiger partial charge in [0.2, 0.25) is 0 Å². The van der Waals surface area contributed by atoms with E-state index < -0.39 is 0 Å². The van der Waals surface area contributed by atoms with Crippen LogP contribution in [0.4, 0.5) is 4.39 Å². The van der Waals surface area contributed by atoms with Gasteiger partial charge in [-0.15, -0.1) is 0 Å². The van der Waals surface area contributed by atoms with Gasteiger partial charge in [-0.25, -0.2) is 9.37 Å². The summed E-state index contributed by atoms with van der Waals surface area (Å²) in [6.45, 7) is -0.284. The lowest BCUT2D eigenvalue weighted by Crippen LogP contribution is -1.94. The zero-order chi connectivity index (χ0) is 17.4. The number of halogens is 1. The fourth-order valence-electron chi connectivity index (χ4n) is 2.78. The number of aliphatic hydroxyl groups is 2. The number of benzene rings is 2. The highest BCUT2D eigenvalue weighted by Gasteiger charge is 2.12. The predicted molar refractivity (Wildman–Crippen MR) is 90.9 cm³/mol. The molecule has 0 aliphatic rings. The maximum atomic E-state index is 13.3. The molecule has 126 valence electrons. The van der Waals surface area contributed by atoms with Gasteiger partial charge in [0, 0.05) is 11.6 Å². The second kappa shape index (κ2) is 6.12. The summed E-state index contributed by atoms with van der Waals surface area (Å²) in [5, 5.41) is 25.9. The molecule has 0 saturated heterocycles. The Kier molecular flexibility index (Phi) is 3.79. The fourth-order valence-corrected chi connectivity index (χ4v) is 2.78. The van der Waals surface area contributed by atoms with Crippen LogP contribution in [0, 0.1) is 5.82 Å². The molecule has 2 heterocycles. The van der Waals surface area contributed by atoms with Gasteiger partial charge in [-0.3, -0.25) is 5.10 Å². The molecule has 2 aromatic heterocycles. The molecule has 0 aliphatic heterocycles. The maximum absolute atomic E-state index is 13.3. The first kappa shape index (κ1) is 15.5. The van der Waals surface area contributed by atoms with Gasteiger partial charge in [-0.2, -0.15) is 5.10 Å². The van der Waals surface area contributed by atoms with Gasteiger partial charge in [-0.1, -0.05) is 12.1 Å². The van der Waals surface area contributed by atoms with E-state index >= 15 is 0 Å². The Balaban J connectivity index is 1.71. The van der Waals surface area contributed by atoms with Crippen molar-refractivity contribution >= 4 is 11.0 Å². The average Bonchev–Trinajstić information content (AvgIpc) is 3.27. The van der Waals surface area contributed by atoms with Crippen LogP contribution >= 0.6 is 0 Å². The highest BCUT2D eigenvalue weighted by atomic mass is 19.1. The average molecular weight is 338 g/mol. The van der Waals surface area contributed by atoms with Gasteiger partial charge in [0.05, 0.1) is 29.9 Å². The molecule has 4 aromatic rings. The standard InChI is InChI=1S/C18H15FN4O2/c19-13-3-4-14-16(6-13)21-18(20-14)17-7-15(22-23-17)10-1-2-11(8-24)12(5-10)9-25/h1-7,24-25H,8-9H2,(H,20,21)(H,22,23). The second-order valence-electron chi connectivity index (χ2n) is 5.71. The number of aromatic amines is 2. The van der Waals surface area contributed by atoms with E-state index in [0.717, 1.165) is 11.1 Å². The van der Waals surface area contributed by atoms with Crippen LogP contribution in [0.15, 0.2) is 42.5 Å². The van der Waals surface area contributed by atoms with E-state index in [0.29, 0.717) is 33.9 Å². The van der Waals surface area contributed by atoms with Crippen LogP contribution in [0.25, 0.3) is 33.8 Å². The molecule has 6 nitrogen and oxygen atoms in total. The lowest BCUT2D eigenvalue weighted by Gasteiger charge is -2.06. The van der Waals surface area contributed by atoms with E-state index in [9.17, 15) is 14.6 Å². The van der Waals surface area contributed by atoms with Gasteiger partial charge in [0.25, 0.3) is 0 Å². The number of fused-ring (bicyclic) bond motifs is 1. The van der Waals surface area contributed by atoms with E-state index in [1.807, 2.05) is 12.1 Å². The SMILES string of the molecule is OCc1ccc(-c2cc(-c3nc4cc(F)ccc4[nH]3)[nH]n2)cc1CO. The minimum absolute atomic E-state index is 0.127. The van der Waals surface area contributed by atoms with E-state index in [1.165, 1.54) is 12.1 Å². The highest BCUT2D eigenvalue weighted by molar-refractivity contribution is 5.79. The molecule has 0 atom stereocenters. The molecule has 0 radical (unpaired) electrons. The number of rotatable bonds is 4. The zero-order valence-corrected chi connectivity index (χ0v) is 13.1. The Hall–Kier alpha value is -3.03. The third-order valence-corrected chi connectivity index (χ3v) is 4.12. The first-order chi connectivity index (χ1) is 12.2. The van der Waals surface area contributed by atoms with Crippen LogP contribution in [0.5, 0.6) is 0 Å². The predicted octanol–water partition coefficient (Wildman–Crippen LogP) is 2.74. The molecule has 4 N–H and O–H groups in total. The normalized spacial score (nSPS) is 11.3. The largest absolute Gasteiger partial charge is 0.392 e. The Morgan fingerprint density at radius 1 is 0.960 bits per heavy atom. The molecule has 2 aromatic carbocycles. The van der Waals surface area contributed by atoms with Crippen molar-refractivity contribution in [2.75, 3.05) is 0 Å². The van der Waals surface area contributed by atoms with Gasteiger partial charge in [-0.05, 0) is 35.4 Å². The smallest absolute Gasteiger partial charge is 0.156 e. The number of aliphatic hydroxyl groups excluding tert-OH is 2. The summed E-state index contributed by atoms with van der Waals surface area (Å²) in [7, 11) is 0. The fraction of sp³-hybridized carbons (Fsp3) is 0.111. The van der Waals surface area contributed by atoms with Gasteiger partial charge in [0.15, 0.2) is 5.82 Å². The number of nitrogens with zero attached hydrogens (tertiary/aromatic N) is 2. The lowest BCUT2D eigenvalue weighted by molar-refractivity contribution is 0.260. The van der Waals surface area contributed by atoms with Crippen molar-refractivity contribution in [2.24, 2.45) is 0 Å². The van der Waals surface area contributed by atoms with Crippen molar-refractivity contribution in [2.45, 2.75) is 13.2 Å². The van der Waals surface area contributed by atoms with Crippen molar-refractivity contribution < 1.29 is 14.6 Å². The second-order valence-corrected chi connectivity index (χ2v) is 5.71. The molecule has 0 fully saturated rings. The Bertz CT molecular complexity index is 1050. The summed E-state index contributed by atoms with van der Waals surface area (Å²) >= 11 is 0. The van der Waals surface area contributed by atoms with Gasteiger partial charge >= 0.3 is 0 Å². The van der Waals surface area contributed by atoms with E-state index in [1.54, 1.807) is 18.2 Å². The summed E-state index contributed by atoms with van der Waals surface area (Å²) in [6.07, 6.45) is 0. The number of hydrogen-bond acceptors (Lipinski definition) is 4. The Morgan fingerprint density at radius 2 is 1.80 bits per heavy atom. The third kappa shape index (κ3) is 2.79. The van der Waals surface area contributed by atoms with Crippen LogP contribution in [-0.4, -0.2) is 30.4 Å². The van der Waals surface area contributed by atoms with Crippen LogP contribution < -0.4 is 0 Å². The highest BCUT2D eigenvalue weighted by Crippen LogP contribution is 2.26. The quantitative estimate of drug-likeness (QED) is 0.460. The zero-order valence-electron chi connectivity index (χ0n) is 13.1. The first-order valence-electron chi connectivity index (χ1n) is 7.73. The molecular weight excluding hydrogens is 323 g/mol. The molecule has 0 saturated carbocycles. The minimum atomic E-state index is -0.337. The molecule has 0 aliphatic carbocycles. The van der Waals surface area contributed by atoms with Crippen molar-refractivity contribution in [3.63, 3.8) is 0 Å². The van der Waals surface area contributed by atoms with Crippen molar-refractivity contribution in [3.05, 3.63) is 59.4 Å². The molecule has 7 heteroatoms. The van der Waals surface area contributed by atoms with E-state index in [4.69, 9.17) is 0 Å². The third-order valence-electron chi connectivity index (χ3n) is 4.12. The van der Waals surface area contributed by atoms with Crippen LogP contribution in [0.2, 0.25) is 0 Å². The summed E-state index contributed by atoms with van der Waals surface area (Å²) in [5.41, 5.74) is 4.78. The molecule has 0 unspecified atom stereocenters. The van der Waals surface area contributed by atoms with E-state index in [2.05, 4.69) is 20.2 Å². The first-order valence-corrected chi connectivity index (χ1v) is 7.73. The van der Waals surface area contributed by atoms with Gasteiger partial charge in [0.1, 0.15) is 11.5 Å². The molecule has 0 spiro atoms. The molecular formula is C18H15FN4O2.